The van der Waals surface area contributed by atoms with E-state index in [9.17, 15) is 4.79 Å². The Morgan fingerprint density at radius 1 is 1.47 bits per heavy atom. The van der Waals surface area contributed by atoms with Crippen LogP contribution in [-0.2, 0) is 0 Å². The van der Waals surface area contributed by atoms with Gasteiger partial charge in [-0.15, -0.1) is 10.2 Å². The molecule has 15 heavy (non-hydrogen) atoms. The van der Waals surface area contributed by atoms with Crippen molar-refractivity contribution >= 4 is 17.7 Å². The molecule has 7 heteroatoms. The Bertz CT molecular complexity index is 331. The number of rotatable bonds is 1. The van der Waals surface area contributed by atoms with Crippen molar-refractivity contribution in [1.29, 1.82) is 0 Å². The van der Waals surface area contributed by atoms with Crippen molar-refractivity contribution < 1.29 is 4.79 Å². The fraction of sp³-hybridized carbons (Fsp3) is 0.750. The smallest absolute Gasteiger partial charge is 0.295 e. The van der Waals surface area contributed by atoms with Crippen LogP contribution < -0.4 is 0 Å². The van der Waals surface area contributed by atoms with E-state index in [0.717, 1.165) is 13.1 Å². The average molecular weight is 227 g/mol. The Hall–Kier alpha value is -1.11. The Labute approximate surface area is 91.8 Å². The first-order valence-corrected chi connectivity index (χ1v) is 5.79. The van der Waals surface area contributed by atoms with E-state index in [-0.39, 0.29) is 11.7 Å². The predicted molar refractivity (Wildman–Crippen MR) is 56.6 cm³/mol. The zero-order valence-electron chi connectivity index (χ0n) is 8.67. The number of carbonyl (C=O) groups excluding carboxylic acids is 1. The minimum Gasteiger partial charge on any atom is -0.334 e. The van der Waals surface area contributed by atoms with Crippen LogP contribution in [0.4, 0.5) is 0 Å². The standard InChI is InChI=1S/C8H13N5OS/c1-5-3-13(4-6(2)15-5)8(14)7-9-11-12-10-7/h5-6H,3-4H2,1-2H3,(H,9,10,11,12). The lowest BCUT2D eigenvalue weighted by molar-refractivity contribution is 0.0741. The number of tetrazole rings is 1. The number of nitrogens with one attached hydrogen (secondary N) is 1. The molecule has 0 radical (unpaired) electrons. The summed E-state index contributed by atoms with van der Waals surface area (Å²) in [7, 11) is 0. The number of thioether (sulfide) groups is 1. The summed E-state index contributed by atoms with van der Waals surface area (Å²) in [6.07, 6.45) is 0. The van der Waals surface area contributed by atoms with Crippen LogP contribution in [0.25, 0.3) is 0 Å². The van der Waals surface area contributed by atoms with Gasteiger partial charge in [0.15, 0.2) is 0 Å². The van der Waals surface area contributed by atoms with Gasteiger partial charge >= 0.3 is 0 Å². The third-order valence-corrected chi connectivity index (χ3v) is 3.47. The molecule has 0 spiro atoms. The summed E-state index contributed by atoms with van der Waals surface area (Å²) in [5.41, 5.74) is 0. The first-order chi connectivity index (χ1) is 7.16. The van der Waals surface area contributed by atoms with Gasteiger partial charge in [-0.1, -0.05) is 13.8 Å². The molecule has 1 aliphatic rings. The van der Waals surface area contributed by atoms with E-state index < -0.39 is 0 Å². The van der Waals surface area contributed by atoms with Crippen molar-refractivity contribution in [2.75, 3.05) is 13.1 Å². The molecule has 0 bridgehead atoms. The molecule has 1 aromatic heterocycles. The quantitative estimate of drug-likeness (QED) is 0.740. The van der Waals surface area contributed by atoms with E-state index in [4.69, 9.17) is 0 Å². The van der Waals surface area contributed by atoms with Gasteiger partial charge in [0.25, 0.3) is 11.7 Å². The zero-order valence-corrected chi connectivity index (χ0v) is 9.49. The molecular formula is C8H13N5OS. The molecule has 6 nitrogen and oxygen atoms in total. The van der Waals surface area contributed by atoms with Gasteiger partial charge in [-0.2, -0.15) is 17.0 Å². The first kappa shape index (κ1) is 10.4. The van der Waals surface area contributed by atoms with Gasteiger partial charge in [0.2, 0.25) is 0 Å². The van der Waals surface area contributed by atoms with E-state index >= 15 is 0 Å². The molecule has 2 unspecified atom stereocenters. The molecule has 0 saturated carbocycles. The van der Waals surface area contributed by atoms with Gasteiger partial charge in [-0.05, 0) is 5.21 Å². The molecule has 0 aromatic carbocycles. The fourth-order valence-electron chi connectivity index (χ4n) is 1.74. The molecular weight excluding hydrogens is 214 g/mol. The number of carbonyl (C=O) groups is 1. The average Bonchev–Trinajstić information content (AvgIpc) is 2.67. The highest BCUT2D eigenvalue weighted by Crippen LogP contribution is 2.25. The SMILES string of the molecule is CC1CN(C(=O)c2nn[nH]n2)CC(C)S1. The molecule has 1 amide bonds. The van der Waals surface area contributed by atoms with Crippen LogP contribution in [0.2, 0.25) is 0 Å². The van der Waals surface area contributed by atoms with Crippen LogP contribution >= 0.6 is 11.8 Å². The number of aromatic nitrogens is 4. The van der Waals surface area contributed by atoms with Crippen molar-refractivity contribution in [2.24, 2.45) is 0 Å². The highest BCUT2D eigenvalue weighted by Gasteiger charge is 2.28. The van der Waals surface area contributed by atoms with Gasteiger partial charge in [-0.3, -0.25) is 4.79 Å². The molecule has 2 rings (SSSR count). The number of aromatic amines is 1. The molecule has 2 atom stereocenters. The van der Waals surface area contributed by atoms with Crippen molar-refractivity contribution in [3.63, 3.8) is 0 Å². The summed E-state index contributed by atoms with van der Waals surface area (Å²) < 4.78 is 0. The zero-order chi connectivity index (χ0) is 10.8. The lowest BCUT2D eigenvalue weighted by Crippen LogP contribution is -2.44. The maximum atomic E-state index is 11.9. The van der Waals surface area contributed by atoms with Crippen LogP contribution in [-0.4, -0.2) is 55.0 Å². The van der Waals surface area contributed by atoms with Gasteiger partial charge in [0, 0.05) is 23.6 Å². The Balaban J connectivity index is 2.07. The number of hydrogen-bond donors (Lipinski definition) is 1. The number of amides is 1. The highest BCUT2D eigenvalue weighted by molar-refractivity contribution is 8.00. The third kappa shape index (κ3) is 2.28. The maximum Gasteiger partial charge on any atom is 0.295 e. The van der Waals surface area contributed by atoms with Crippen molar-refractivity contribution in [1.82, 2.24) is 25.5 Å². The van der Waals surface area contributed by atoms with Gasteiger partial charge in [-0.25, -0.2) is 0 Å². The molecule has 2 heterocycles. The second-order valence-electron chi connectivity index (χ2n) is 3.70. The Morgan fingerprint density at radius 3 is 2.67 bits per heavy atom. The molecule has 0 aliphatic carbocycles. The number of nitrogens with zero attached hydrogens (tertiary/aromatic N) is 4. The van der Waals surface area contributed by atoms with Gasteiger partial charge in [0.1, 0.15) is 0 Å². The Kier molecular flexibility index (Phi) is 2.90. The molecule has 1 N–H and O–H groups in total. The van der Waals surface area contributed by atoms with E-state index in [1.807, 2.05) is 11.8 Å². The predicted octanol–water partition coefficient (Wildman–Crippen LogP) is 0.166. The van der Waals surface area contributed by atoms with E-state index in [1.165, 1.54) is 0 Å². The second-order valence-corrected chi connectivity index (χ2v) is 5.58. The molecule has 1 fully saturated rings. The monoisotopic (exact) mass is 227 g/mol. The second kappa shape index (κ2) is 4.18. The number of hydrogen-bond acceptors (Lipinski definition) is 5. The van der Waals surface area contributed by atoms with E-state index in [2.05, 4.69) is 34.5 Å². The van der Waals surface area contributed by atoms with Crippen molar-refractivity contribution in [2.45, 2.75) is 24.3 Å². The summed E-state index contributed by atoms with van der Waals surface area (Å²) in [6.45, 7) is 5.75. The fourth-order valence-corrected chi connectivity index (χ4v) is 3.06. The van der Waals surface area contributed by atoms with Crippen molar-refractivity contribution in [3.05, 3.63) is 5.82 Å². The third-order valence-electron chi connectivity index (χ3n) is 2.24. The molecule has 82 valence electrons. The molecule has 1 aliphatic heterocycles. The summed E-state index contributed by atoms with van der Waals surface area (Å²) in [6, 6.07) is 0. The van der Waals surface area contributed by atoms with Crippen LogP contribution in [0.3, 0.4) is 0 Å². The summed E-state index contributed by atoms with van der Waals surface area (Å²) >= 11 is 1.90. The lowest BCUT2D eigenvalue weighted by Gasteiger charge is -2.33. The normalized spacial score (nSPS) is 26.7. The minimum absolute atomic E-state index is 0.136. The summed E-state index contributed by atoms with van der Waals surface area (Å²) in [5, 5.41) is 14.0. The van der Waals surface area contributed by atoms with E-state index in [1.54, 1.807) is 4.90 Å². The number of H-pyrrole nitrogens is 1. The largest absolute Gasteiger partial charge is 0.334 e. The van der Waals surface area contributed by atoms with Gasteiger partial charge < -0.3 is 4.90 Å². The molecule has 1 saturated heterocycles. The Morgan fingerprint density at radius 2 is 2.13 bits per heavy atom. The van der Waals surface area contributed by atoms with Crippen LogP contribution in [0.1, 0.15) is 24.5 Å². The van der Waals surface area contributed by atoms with E-state index in [0.29, 0.717) is 10.5 Å². The van der Waals surface area contributed by atoms with Crippen LogP contribution in [0, 0.1) is 0 Å². The lowest BCUT2D eigenvalue weighted by atomic mass is 10.3. The summed E-state index contributed by atoms with van der Waals surface area (Å²) in [5.74, 6) is 0.0176. The summed E-state index contributed by atoms with van der Waals surface area (Å²) in [4.78, 5) is 13.7. The molecule has 1 aromatic rings. The van der Waals surface area contributed by atoms with Gasteiger partial charge in [0.05, 0.1) is 0 Å². The highest BCUT2D eigenvalue weighted by atomic mass is 32.2. The minimum atomic E-state index is -0.136. The van der Waals surface area contributed by atoms with Crippen LogP contribution in [0.5, 0.6) is 0 Å². The van der Waals surface area contributed by atoms with Crippen molar-refractivity contribution in [3.8, 4) is 0 Å². The van der Waals surface area contributed by atoms with Crippen LogP contribution in [0.15, 0.2) is 0 Å². The first-order valence-electron chi connectivity index (χ1n) is 4.85. The topological polar surface area (TPSA) is 74.8 Å². The maximum absolute atomic E-state index is 11.9.